The molecule has 1 aliphatic heterocycles. The van der Waals surface area contributed by atoms with Crippen molar-refractivity contribution in [3.63, 3.8) is 0 Å². The van der Waals surface area contributed by atoms with Crippen molar-refractivity contribution < 1.29 is 9.53 Å². The fourth-order valence-corrected chi connectivity index (χ4v) is 2.53. The van der Waals surface area contributed by atoms with Crippen LogP contribution in [0.25, 0.3) is 10.9 Å². The molecule has 100 valence electrons. The summed E-state index contributed by atoms with van der Waals surface area (Å²) in [6, 6.07) is 6.28. The van der Waals surface area contributed by atoms with E-state index in [0.29, 0.717) is 32.7 Å². The third kappa shape index (κ3) is 2.49. The molecule has 1 saturated heterocycles. The first-order valence-corrected chi connectivity index (χ1v) is 6.66. The summed E-state index contributed by atoms with van der Waals surface area (Å²) in [5.41, 5.74) is 3.40. The van der Waals surface area contributed by atoms with Crippen LogP contribution in [0, 0.1) is 6.92 Å². The second kappa shape index (κ2) is 5.05. The predicted octanol–water partition coefficient (Wildman–Crippen LogP) is 1.88. The molecule has 2 aromatic rings. The maximum absolute atomic E-state index is 12.2. The molecule has 0 bridgehead atoms. The smallest absolute Gasteiger partial charge is 0.227 e. The summed E-state index contributed by atoms with van der Waals surface area (Å²) in [4.78, 5) is 17.4. The van der Waals surface area contributed by atoms with E-state index >= 15 is 0 Å². The zero-order valence-corrected chi connectivity index (χ0v) is 11.1. The van der Waals surface area contributed by atoms with Crippen molar-refractivity contribution in [2.75, 3.05) is 26.3 Å². The van der Waals surface area contributed by atoms with Crippen molar-refractivity contribution in [3.05, 3.63) is 35.5 Å². The summed E-state index contributed by atoms with van der Waals surface area (Å²) in [7, 11) is 0. The number of hydrogen-bond donors (Lipinski definition) is 1. The van der Waals surface area contributed by atoms with Crippen LogP contribution in [-0.4, -0.2) is 42.1 Å². The highest BCUT2D eigenvalue weighted by Crippen LogP contribution is 2.20. The molecule has 0 aliphatic carbocycles. The largest absolute Gasteiger partial charge is 0.378 e. The van der Waals surface area contributed by atoms with Crippen molar-refractivity contribution in [2.45, 2.75) is 13.3 Å². The molecular weight excluding hydrogens is 240 g/mol. The zero-order valence-electron chi connectivity index (χ0n) is 11.1. The van der Waals surface area contributed by atoms with Gasteiger partial charge in [-0.15, -0.1) is 0 Å². The number of hydrogen-bond acceptors (Lipinski definition) is 2. The molecule has 0 radical (unpaired) electrons. The highest BCUT2D eigenvalue weighted by molar-refractivity contribution is 5.89. The minimum Gasteiger partial charge on any atom is -0.378 e. The van der Waals surface area contributed by atoms with Gasteiger partial charge in [0.1, 0.15) is 0 Å². The van der Waals surface area contributed by atoms with Gasteiger partial charge in [0, 0.05) is 30.2 Å². The molecule has 0 unspecified atom stereocenters. The SMILES string of the molecule is Cc1ccc2c(CC(=O)N3CCOCC3)c[nH]c2c1. The number of nitrogens with zero attached hydrogens (tertiary/aromatic N) is 1. The topological polar surface area (TPSA) is 45.3 Å². The lowest BCUT2D eigenvalue weighted by atomic mass is 10.1. The number of benzene rings is 1. The lowest BCUT2D eigenvalue weighted by Gasteiger charge is -2.26. The van der Waals surface area contributed by atoms with Gasteiger partial charge >= 0.3 is 0 Å². The molecule has 1 aromatic carbocycles. The van der Waals surface area contributed by atoms with Crippen molar-refractivity contribution >= 4 is 16.8 Å². The van der Waals surface area contributed by atoms with Crippen LogP contribution in [0.5, 0.6) is 0 Å². The van der Waals surface area contributed by atoms with Crippen LogP contribution in [0.2, 0.25) is 0 Å². The Bertz CT molecular complexity index is 597. The van der Waals surface area contributed by atoms with Crippen molar-refractivity contribution in [3.8, 4) is 0 Å². The molecule has 4 nitrogen and oxygen atoms in total. The van der Waals surface area contributed by atoms with Crippen LogP contribution >= 0.6 is 0 Å². The van der Waals surface area contributed by atoms with Gasteiger partial charge in [0.25, 0.3) is 0 Å². The molecule has 1 aliphatic rings. The van der Waals surface area contributed by atoms with Crippen LogP contribution in [-0.2, 0) is 16.0 Å². The third-order valence-electron chi connectivity index (χ3n) is 3.63. The van der Waals surface area contributed by atoms with Gasteiger partial charge in [-0.2, -0.15) is 0 Å². The number of morpholine rings is 1. The lowest BCUT2D eigenvalue weighted by molar-refractivity contribution is -0.134. The number of carbonyl (C=O) groups excluding carboxylic acids is 1. The molecule has 19 heavy (non-hydrogen) atoms. The summed E-state index contributed by atoms with van der Waals surface area (Å²) >= 11 is 0. The summed E-state index contributed by atoms with van der Waals surface area (Å²) in [6.45, 7) is 4.79. The monoisotopic (exact) mass is 258 g/mol. The van der Waals surface area contributed by atoms with E-state index in [-0.39, 0.29) is 5.91 Å². The number of ether oxygens (including phenoxy) is 1. The third-order valence-corrected chi connectivity index (χ3v) is 3.63. The molecule has 0 atom stereocenters. The quantitative estimate of drug-likeness (QED) is 0.894. The Labute approximate surface area is 112 Å². The average molecular weight is 258 g/mol. The van der Waals surface area contributed by atoms with Crippen LogP contribution in [0.1, 0.15) is 11.1 Å². The predicted molar refractivity (Wildman–Crippen MR) is 74.1 cm³/mol. The Morgan fingerprint density at radius 1 is 1.37 bits per heavy atom. The summed E-state index contributed by atoms with van der Waals surface area (Å²) in [6.07, 6.45) is 2.41. The van der Waals surface area contributed by atoms with Crippen molar-refractivity contribution in [1.82, 2.24) is 9.88 Å². The first-order chi connectivity index (χ1) is 9.24. The molecule has 1 aromatic heterocycles. The van der Waals surface area contributed by atoms with E-state index in [1.165, 1.54) is 5.56 Å². The maximum Gasteiger partial charge on any atom is 0.227 e. The van der Waals surface area contributed by atoms with E-state index < -0.39 is 0 Å². The first kappa shape index (κ1) is 12.2. The van der Waals surface area contributed by atoms with E-state index in [4.69, 9.17) is 4.74 Å². The lowest BCUT2D eigenvalue weighted by Crippen LogP contribution is -2.41. The fraction of sp³-hybridized carbons (Fsp3) is 0.400. The first-order valence-electron chi connectivity index (χ1n) is 6.66. The Balaban J connectivity index is 1.79. The molecule has 1 fully saturated rings. The standard InChI is InChI=1S/C15H18N2O2/c1-11-2-3-13-12(10-16-14(13)8-11)9-15(18)17-4-6-19-7-5-17/h2-3,8,10,16H,4-7,9H2,1H3. The summed E-state index contributed by atoms with van der Waals surface area (Å²) in [5.74, 6) is 0.185. The zero-order chi connectivity index (χ0) is 13.2. The summed E-state index contributed by atoms with van der Waals surface area (Å²) in [5, 5.41) is 1.15. The highest BCUT2D eigenvalue weighted by Gasteiger charge is 2.18. The number of aromatic nitrogens is 1. The second-order valence-electron chi connectivity index (χ2n) is 5.03. The number of aryl methyl sites for hydroxylation is 1. The van der Waals surface area contributed by atoms with Gasteiger partial charge < -0.3 is 14.6 Å². The highest BCUT2D eigenvalue weighted by atomic mass is 16.5. The number of carbonyl (C=O) groups is 1. The molecular formula is C15H18N2O2. The number of fused-ring (bicyclic) bond motifs is 1. The Hall–Kier alpha value is -1.81. The van der Waals surface area contributed by atoms with Gasteiger partial charge in [-0.1, -0.05) is 12.1 Å². The number of aromatic amines is 1. The number of H-pyrrole nitrogens is 1. The molecule has 2 heterocycles. The number of rotatable bonds is 2. The number of nitrogens with one attached hydrogen (secondary N) is 1. The van der Waals surface area contributed by atoms with Gasteiger partial charge in [0.2, 0.25) is 5.91 Å². The fourth-order valence-electron chi connectivity index (χ4n) is 2.53. The van der Waals surface area contributed by atoms with Crippen molar-refractivity contribution in [2.24, 2.45) is 0 Å². The molecule has 1 amide bonds. The van der Waals surface area contributed by atoms with Gasteiger partial charge in [-0.25, -0.2) is 0 Å². The van der Waals surface area contributed by atoms with Gasteiger partial charge in [0.15, 0.2) is 0 Å². The molecule has 0 saturated carbocycles. The molecule has 1 N–H and O–H groups in total. The minimum atomic E-state index is 0.185. The molecule has 4 heteroatoms. The Kier molecular flexibility index (Phi) is 3.25. The molecule has 0 spiro atoms. The Morgan fingerprint density at radius 3 is 2.95 bits per heavy atom. The Morgan fingerprint density at radius 2 is 2.16 bits per heavy atom. The van der Waals surface area contributed by atoms with E-state index in [1.54, 1.807) is 0 Å². The molecule has 3 rings (SSSR count). The second-order valence-corrected chi connectivity index (χ2v) is 5.03. The van der Waals surface area contributed by atoms with Gasteiger partial charge in [-0.3, -0.25) is 4.79 Å². The van der Waals surface area contributed by atoms with Gasteiger partial charge in [-0.05, 0) is 24.1 Å². The van der Waals surface area contributed by atoms with Gasteiger partial charge in [0.05, 0.1) is 19.6 Å². The average Bonchev–Trinajstić information content (AvgIpc) is 2.82. The van der Waals surface area contributed by atoms with Crippen molar-refractivity contribution in [1.29, 1.82) is 0 Å². The van der Waals surface area contributed by atoms with Crippen LogP contribution in [0.15, 0.2) is 24.4 Å². The maximum atomic E-state index is 12.2. The van der Waals surface area contributed by atoms with Crippen LogP contribution in [0.3, 0.4) is 0 Å². The van der Waals surface area contributed by atoms with E-state index in [0.717, 1.165) is 16.5 Å². The van der Waals surface area contributed by atoms with Crippen LogP contribution in [0.4, 0.5) is 0 Å². The summed E-state index contributed by atoms with van der Waals surface area (Å²) < 4.78 is 5.27. The van der Waals surface area contributed by atoms with Crippen LogP contribution < -0.4 is 0 Å². The normalized spacial score (nSPS) is 15.9. The number of amides is 1. The van der Waals surface area contributed by atoms with E-state index in [1.807, 2.05) is 11.1 Å². The van der Waals surface area contributed by atoms with E-state index in [2.05, 4.69) is 30.1 Å². The minimum absolute atomic E-state index is 0.185. The van der Waals surface area contributed by atoms with E-state index in [9.17, 15) is 4.79 Å².